The number of hydrogen-bond acceptors (Lipinski definition) is 2. The number of nitrogens with one attached hydrogen (secondary N) is 1. The van der Waals surface area contributed by atoms with E-state index in [1.165, 1.54) is 5.70 Å². The summed E-state index contributed by atoms with van der Waals surface area (Å²) in [7, 11) is 0. The van der Waals surface area contributed by atoms with Crippen molar-refractivity contribution in [2.45, 2.75) is 41.5 Å². The van der Waals surface area contributed by atoms with E-state index in [9.17, 15) is 0 Å². The summed E-state index contributed by atoms with van der Waals surface area (Å²) in [4.78, 5) is 0. The molecule has 1 aliphatic rings. The topological polar surface area (TPSA) is 21.3 Å². The Morgan fingerprint density at radius 1 is 1.00 bits per heavy atom. The third kappa shape index (κ3) is 2.17. The molecule has 0 saturated carbocycles. The highest BCUT2D eigenvalue weighted by atomic mass is 16.5. The first-order chi connectivity index (χ1) is 5.73. The molecule has 1 N–H and O–H groups in total. The monoisotopic (exact) mass is 183 g/mol. The maximum Gasteiger partial charge on any atom is 0.158 e. The Morgan fingerprint density at radius 2 is 1.54 bits per heavy atom. The molecule has 0 amide bonds. The quantitative estimate of drug-likeness (QED) is 0.623. The maximum atomic E-state index is 5.63. The van der Waals surface area contributed by atoms with Crippen LogP contribution >= 0.6 is 0 Å². The van der Waals surface area contributed by atoms with Gasteiger partial charge >= 0.3 is 0 Å². The molecule has 0 bridgehead atoms. The van der Waals surface area contributed by atoms with Crippen LogP contribution in [0.25, 0.3) is 0 Å². The van der Waals surface area contributed by atoms with Crippen molar-refractivity contribution < 1.29 is 4.74 Å². The molecular formula is C11H21NO. The number of rotatable bonds is 0. The van der Waals surface area contributed by atoms with Gasteiger partial charge in [0, 0.05) is 10.8 Å². The van der Waals surface area contributed by atoms with Gasteiger partial charge in [0.2, 0.25) is 0 Å². The average molecular weight is 183 g/mol. The summed E-state index contributed by atoms with van der Waals surface area (Å²) in [5.41, 5.74) is 1.51. The lowest BCUT2D eigenvalue weighted by molar-refractivity contribution is 0.171. The minimum absolute atomic E-state index is 0.103. The first-order valence-corrected chi connectivity index (χ1v) is 4.85. The zero-order chi connectivity index (χ0) is 10.3. The van der Waals surface area contributed by atoms with Crippen LogP contribution in [0.1, 0.15) is 41.5 Å². The third-order valence-electron chi connectivity index (χ3n) is 2.12. The minimum Gasteiger partial charge on any atom is -0.475 e. The first-order valence-electron chi connectivity index (χ1n) is 4.85. The Hall–Kier alpha value is -0.660. The molecule has 0 aromatic heterocycles. The molecule has 2 heteroatoms. The van der Waals surface area contributed by atoms with E-state index < -0.39 is 0 Å². The summed E-state index contributed by atoms with van der Waals surface area (Å²) in [5.74, 6) is 1.11. The van der Waals surface area contributed by atoms with Gasteiger partial charge in [0.15, 0.2) is 6.73 Å². The SMILES string of the molecule is CC(C)(C)C1=C(C(C)(C)C)OCN1. The van der Waals surface area contributed by atoms with Crippen molar-refractivity contribution in [3.8, 4) is 0 Å². The Kier molecular flexibility index (Phi) is 2.35. The minimum atomic E-state index is 0.103. The van der Waals surface area contributed by atoms with Gasteiger partial charge in [0.1, 0.15) is 5.76 Å². The third-order valence-corrected chi connectivity index (χ3v) is 2.12. The van der Waals surface area contributed by atoms with Crippen LogP contribution in [-0.2, 0) is 4.74 Å². The summed E-state index contributed by atoms with van der Waals surface area (Å²) in [5, 5.41) is 3.31. The van der Waals surface area contributed by atoms with Crippen molar-refractivity contribution in [1.82, 2.24) is 5.32 Å². The Bertz CT molecular complexity index is 203. The van der Waals surface area contributed by atoms with Crippen LogP contribution in [0, 0.1) is 10.8 Å². The lowest BCUT2D eigenvalue weighted by atomic mass is 9.84. The van der Waals surface area contributed by atoms with E-state index in [0.717, 1.165) is 5.76 Å². The lowest BCUT2D eigenvalue weighted by Crippen LogP contribution is -2.23. The Morgan fingerprint density at radius 3 is 1.85 bits per heavy atom. The Balaban J connectivity index is 3.04. The molecule has 1 heterocycles. The molecule has 0 fully saturated rings. The van der Waals surface area contributed by atoms with Crippen LogP contribution in [0.5, 0.6) is 0 Å². The van der Waals surface area contributed by atoms with Crippen LogP contribution < -0.4 is 5.32 Å². The van der Waals surface area contributed by atoms with E-state index >= 15 is 0 Å². The molecular weight excluding hydrogens is 162 g/mol. The normalized spacial score (nSPS) is 18.6. The molecule has 0 unspecified atom stereocenters. The van der Waals surface area contributed by atoms with Gasteiger partial charge in [-0.05, 0) is 0 Å². The second-order valence-electron chi connectivity index (χ2n) is 5.67. The number of allylic oxidation sites excluding steroid dienone is 2. The van der Waals surface area contributed by atoms with Gasteiger partial charge in [-0.3, -0.25) is 0 Å². The molecule has 0 aromatic carbocycles. The van der Waals surface area contributed by atoms with Crippen molar-refractivity contribution in [2.24, 2.45) is 10.8 Å². The number of ether oxygens (including phenoxy) is 1. The van der Waals surface area contributed by atoms with Crippen molar-refractivity contribution >= 4 is 0 Å². The summed E-state index contributed by atoms with van der Waals surface area (Å²) < 4.78 is 5.63. The highest BCUT2D eigenvalue weighted by molar-refractivity contribution is 5.21. The second kappa shape index (κ2) is 2.93. The summed E-state index contributed by atoms with van der Waals surface area (Å²) >= 11 is 0. The van der Waals surface area contributed by atoms with E-state index in [2.05, 4.69) is 46.9 Å². The summed E-state index contributed by atoms with van der Waals surface area (Å²) in [6, 6.07) is 0. The van der Waals surface area contributed by atoms with Crippen LogP contribution in [0.15, 0.2) is 11.5 Å². The fourth-order valence-electron chi connectivity index (χ4n) is 1.53. The molecule has 76 valence electrons. The van der Waals surface area contributed by atoms with Crippen molar-refractivity contribution in [3.63, 3.8) is 0 Å². The highest BCUT2D eigenvalue weighted by Gasteiger charge is 2.32. The molecule has 0 saturated heterocycles. The summed E-state index contributed by atoms with van der Waals surface area (Å²) in [6.45, 7) is 13.8. The van der Waals surface area contributed by atoms with Crippen LogP contribution in [0.4, 0.5) is 0 Å². The van der Waals surface area contributed by atoms with E-state index in [0.29, 0.717) is 6.73 Å². The van der Waals surface area contributed by atoms with Gasteiger partial charge in [-0.15, -0.1) is 0 Å². The Labute approximate surface area is 81.4 Å². The molecule has 13 heavy (non-hydrogen) atoms. The van der Waals surface area contributed by atoms with Gasteiger partial charge in [-0.25, -0.2) is 0 Å². The zero-order valence-corrected chi connectivity index (χ0v) is 9.62. The van der Waals surface area contributed by atoms with E-state index in [-0.39, 0.29) is 10.8 Å². The largest absolute Gasteiger partial charge is 0.475 e. The lowest BCUT2D eigenvalue weighted by Gasteiger charge is -2.26. The van der Waals surface area contributed by atoms with E-state index in [4.69, 9.17) is 4.74 Å². The first kappa shape index (κ1) is 10.4. The van der Waals surface area contributed by atoms with Gasteiger partial charge < -0.3 is 10.1 Å². The summed E-state index contributed by atoms with van der Waals surface area (Å²) in [6.07, 6.45) is 0. The zero-order valence-electron chi connectivity index (χ0n) is 9.62. The molecule has 0 spiro atoms. The maximum absolute atomic E-state index is 5.63. The molecule has 1 rings (SSSR count). The van der Waals surface area contributed by atoms with E-state index in [1.807, 2.05) is 0 Å². The molecule has 0 radical (unpaired) electrons. The second-order valence-corrected chi connectivity index (χ2v) is 5.67. The van der Waals surface area contributed by atoms with Crippen molar-refractivity contribution in [3.05, 3.63) is 11.5 Å². The van der Waals surface area contributed by atoms with Crippen LogP contribution in [-0.4, -0.2) is 6.73 Å². The van der Waals surface area contributed by atoms with Gasteiger partial charge in [0.05, 0.1) is 5.70 Å². The van der Waals surface area contributed by atoms with Crippen molar-refractivity contribution in [2.75, 3.05) is 6.73 Å². The molecule has 1 aliphatic heterocycles. The molecule has 0 aliphatic carbocycles. The smallest absolute Gasteiger partial charge is 0.158 e. The fourth-order valence-corrected chi connectivity index (χ4v) is 1.53. The van der Waals surface area contributed by atoms with Crippen molar-refractivity contribution in [1.29, 1.82) is 0 Å². The number of hydrogen-bond donors (Lipinski definition) is 1. The molecule has 2 nitrogen and oxygen atoms in total. The average Bonchev–Trinajstić information content (AvgIpc) is 2.27. The molecule has 0 aromatic rings. The highest BCUT2D eigenvalue weighted by Crippen LogP contribution is 2.37. The predicted molar refractivity (Wildman–Crippen MR) is 55.0 cm³/mol. The molecule has 0 atom stereocenters. The fraction of sp³-hybridized carbons (Fsp3) is 0.818. The van der Waals surface area contributed by atoms with Gasteiger partial charge in [-0.2, -0.15) is 0 Å². The standard InChI is InChI=1S/C11H21NO/c1-10(2,3)8-9(11(4,5)6)13-7-12-8/h12H,7H2,1-6H3. The van der Waals surface area contributed by atoms with E-state index in [1.54, 1.807) is 0 Å². The predicted octanol–water partition coefficient (Wildman–Crippen LogP) is 2.87. The van der Waals surface area contributed by atoms with Crippen LogP contribution in [0.2, 0.25) is 0 Å². The van der Waals surface area contributed by atoms with Gasteiger partial charge in [-0.1, -0.05) is 41.5 Å². The van der Waals surface area contributed by atoms with Gasteiger partial charge in [0.25, 0.3) is 0 Å². The van der Waals surface area contributed by atoms with Crippen LogP contribution in [0.3, 0.4) is 0 Å².